The Morgan fingerprint density at radius 3 is 2.60 bits per heavy atom. The first kappa shape index (κ1) is 13.3. The van der Waals surface area contributed by atoms with E-state index in [1.807, 2.05) is 6.20 Å². The van der Waals surface area contributed by atoms with E-state index in [-0.39, 0.29) is 5.41 Å². The molecule has 0 spiro atoms. The fourth-order valence-electron chi connectivity index (χ4n) is 2.39. The average molecular weight is 281 g/mol. The summed E-state index contributed by atoms with van der Waals surface area (Å²) >= 11 is 1.74. The van der Waals surface area contributed by atoms with Crippen molar-refractivity contribution in [2.75, 3.05) is 0 Å². The van der Waals surface area contributed by atoms with E-state index < -0.39 is 0 Å². The zero-order chi connectivity index (χ0) is 14.3. The molecule has 0 unspecified atom stereocenters. The number of benzene rings is 1. The number of thiophene rings is 1. The summed E-state index contributed by atoms with van der Waals surface area (Å²) in [5.74, 6) is 0. The number of pyridine rings is 1. The Kier molecular flexibility index (Phi) is 3.14. The fraction of sp³-hybridized carbons (Fsp3) is 0.278. The molecule has 3 rings (SSSR count). The monoisotopic (exact) mass is 281 g/mol. The SMILES string of the molecule is Cc1cc(-c2cc3ccsc3cn2)cc(C(C)(C)C)c1. The molecule has 0 saturated heterocycles. The van der Waals surface area contributed by atoms with Crippen LogP contribution in [0.1, 0.15) is 31.9 Å². The summed E-state index contributed by atoms with van der Waals surface area (Å²) in [7, 11) is 0. The van der Waals surface area contributed by atoms with E-state index in [2.05, 4.69) is 68.4 Å². The van der Waals surface area contributed by atoms with E-state index in [0.29, 0.717) is 0 Å². The molecule has 0 radical (unpaired) electrons. The Morgan fingerprint density at radius 1 is 1.05 bits per heavy atom. The summed E-state index contributed by atoms with van der Waals surface area (Å²) < 4.78 is 1.25. The molecule has 1 nitrogen and oxygen atoms in total. The van der Waals surface area contributed by atoms with E-state index in [1.165, 1.54) is 26.8 Å². The molecule has 2 aromatic heterocycles. The molecule has 102 valence electrons. The largest absolute Gasteiger partial charge is 0.255 e. The summed E-state index contributed by atoms with van der Waals surface area (Å²) in [4.78, 5) is 4.62. The van der Waals surface area contributed by atoms with Crippen LogP contribution in [0.2, 0.25) is 0 Å². The zero-order valence-corrected chi connectivity index (χ0v) is 13.2. The minimum atomic E-state index is 0.160. The number of aryl methyl sites for hydroxylation is 1. The van der Waals surface area contributed by atoms with Crippen molar-refractivity contribution in [3.05, 3.63) is 53.0 Å². The van der Waals surface area contributed by atoms with Crippen LogP contribution in [0.25, 0.3) is 21.3 Å². The van der Waals surface area contributed by atoms with Crippen LogP contribution in [0.15, 0.2) is 41.9 Å². The topological polar surface area (TPSA) is 12.9 Å². The number of hydrogen-bond acceptors (Lipinski definition) is 2. The van der Waals surface area contributed by atoms with Crippen molar-refractivity contribution in [3.63, 3.8) is 0 Å². The van der Waals surface area contributed by atoms with Crippen LogP contribution < -0.4 is 0 Å². The lowest BCUT2D eigenvalue weighted by Crippen LogP contribution is -2.11. The van der Waals surface area contributed by atoms with Gasteiger partial charge in [0.1, 0.15) is 0 Å². The standard InChI is InChI=1S/C18H19NS/c1-12-7-14(9-15(8-12)18(2,3)4)16-10-13-5-6-20-17(13)11-19-16/h5-11H,1-4H3. The molecule has 0 fully saturated rings. The Labute approximate surface area is 124 Å². The molecular weight excluding hydrogens is 262 g/mol. The summed E-state index contributed by atoms with van der Waals surface area (Å²) in [6, 6.07) is 11.1. The third kappa shape index (κ3) is 2.48. The quantitative estimate of drug-likeness (QED) is 0.568. The van der Waals surface area contributed by atoms with Crippen molar-refractivity contribution in [1.29, 1.82) is 0 Å². The van der Waals surface area contributed by atoms with Crippen molar-refractivity contribution >= 4 is 21.4 Å². The Morgan fingerprint density at radius 2 is 1.85 bits per heavy atom. The Hall–Kier alpha value is -1.67. The molecule has 0 amide bonds. The van der Waals surface area contributed by atoms with Gasteiger partial charge in [0.25, 0.3) is 0 Å². The molecule has 0 atom stereocenters. The lowest BCUT2D eigenvalue weighted by Gasteiger charge is -2.20. The van der Waals surface area contributed by atoms with Crippen LogP contribution in [0.5, 0.6) is 0 Å². The van der Waals surface area contributed by atoms with Gasteiger partial charge in [0.05, 0.1) is 10.4 Å². The van der Waals surface area contributed by atoms with E-state index in [1.54, 1.807) is 11.3 Å². The van der Waals surface area contributed by atoms with E-state index in [4.69, 9.17) is 0 Å². The molecule has 0 aliphatic heterocycles. The maximum absolute atomic E-state index is 4.62. The van der Waals surface area contributed by atoms with Crippen LogP contribution in [0, 0.1) is 6.92 Å². The Balaban J connectivity index is 2.15. The third-order valence-corrected chi connectivity index (χ3v) is 4.45. The van der Waals surface area contributed by atoms with Crippen LogP contribution in [0.3, 0.4) is 0 Å². The molecule has 2 heterocycles. The highest BCUT2D eigenvalue weighted by molar-refractivity contribution is 7.17. The summed E-state index contributed by atoms with van der Waals surface area (Å²) in [5.41, 5.74) is 5.08. The minimum Gasteiger partial charge on any atom is -0.255 e. The maximum Gasteiger partial charge on any atom is 0.0709 e. The van der Waals surface area contributed by atoms with Gasteiger partial charge in [-0.3, -0.25) is 4.98 Å². The van der Waals surface area contributed by atoms with Gasteiger partial charge in [0.2, 0.25) is 0 Å². The van der Waals surface area contributed by atoms with Gasteiger partial charge >= 0.3 is 0 Å². The fourth-order valence-corrected chi connectivity index (χ4v) is 3.13. The first-order valence-electron chi connectivity index (χ1n) is 6.89. The van der Waals surface area contributed by atoms with Crippen molar-refractivity contribution in [2.24, 2.45) is 0 Å². The lowest BCUT2D eigenvalue weighted by molar-refractivity contribution is 0.590. The second-order valence-electron chi connectivity index (χ2n) is 6.37. The normalized spacial score (nSPS) is 12.0. The van der Waals surface area contributed by atoms with Gasteiger partial charge < -0.3 is 0 Å². The first-order chi connectivity index (χ1) is 9.43. The van der Waals surface area contributed by atoms with Crippen LogP contribution in [0.4, 0.5) is 0 Å². The van der Waals surface area contributed by atoms with E-state index >= 15 is 0 Å². The molecule has 3 aromatic rings. The highest BCUT2D eigenvalue weighted by Gasteiger charge is 2.15. The molecule has 0 bridgehead atoms. The number of hydrogen-bond donors (Lipinski definition) is 0. The number of fused-ring (bicyclic) bond motifs is 1. The van der Waals surface area contributed by atoms with E-state index in [0.717, 1.165) is 5.69 Å². The smallest absolute Gasteiger partial charge is 0.0709 e. The first-order valence-corrected chi connectivity index (χ1v) is 7.77. The van der Waals surface area contributed by atoms with Gasteiger partial charge in [-0.1, -0.05) is 32.4 Å². The molecule has 0 aliphatic carbocycles. The predicted octanol–water partition coefficient (Wildman–Crippen LogP) is 5.57. The van der Waals surface area contributed by atoms with Gasteiger partial charge in [-0.2, -0.15) is 0 Å². The molecule has 1 aromatic carbocycles. The predicted molar refractivity (Wildman–Crippen MR) is 88.5 cm³/mol. The molecule has 2 heteroatoms. The van der Waals surface area contributed by atoms with Crippen molar-refractivity contribution in [3.8, 4) is 11.3 Å². The molecule has 0 N–H and O–H groups in total. The summed E-state index contributed by atoms with van der Waals surface area (Å²) in [6.45, 7) is 8.91. The molecule has 0 aliphatic rings. The number of rotatable bonds is 1. The summed E-state index contributed by atoms with van der Waals surface area (Å²) in [6.07, 6.45) is 1.98. The summed E-state index contributed by atoms with van der Waals surface area (Å²) in [5, 5.41) is 3.39. The highest BCUT2D eigenvalue weighted by Crippen LogP contribution is 2.30. The average Bonchev–Trinajstić information content (AvgIpc) is 2.84. The molecule has 0 saturated carbocycles. The van der Waals surface area contributed by atoms with Gasteiger partial charge in [-0.05, 0) is 52.9 Å². The molecule has 20 heavy (non-hydrogen) atoms. The third-order valence-electron chi connectivity index (χ3n) is 3.58. The van der Waals surface area contributed by atoms with Crippen molar-refractivity contribution in [1.82, 2.24) is 4.98 Å². The van der Waals surface area contributed by atoms with Gasteiger partial charge in [-0.15, -0.1) is 11.3 Å². The van der Waals surface area contributed by atoms with Gasteiger partial charge in [0, 0.05) is 11.8 Å². The van der Waals surface area contributed by atoms with Gasteiger partial charge in [-0.25, -0.2) is 0 Å². The lowest BCUT2D eigenvalue weighted by atomic mass is 9.85. The van der Waals surface area contributed by atoms with Crippen LogP contribution >= 0.6 is 11.3 Å². The highest BCUT2D eigenvalue weighted by atomic mass is 32.1. The second-order valence-corrected chi connectivity index (χ2v) is 7.31. The van der Waals surface area contributed by atoms with Crippen molar-refractivity contribution < 1.29 is 0 Å². The van der Waals surface area contributed by atoms with Crippen LogP contribution in [-0.2, 0) is 5.41 Å². The number of nitrogens with zero attached hydrogens (tertiary/aromatic N) is 1. The van der Waals surface area contributed by atoms with Gasteiger partial charge in [0.15, 0.2) is 0 Å². The maximum atomic E-state index is 4.62. The van der Waals surface area contributed by atoms with Crippen molar-refractivity contribution in [2.45, 2.75) is 33.1 Å². The second kappa shape index (κ2) is 4.71. The molecular formula is C18H19NS. The van der Waals surface area contributed by atoms with E-state index in [9.17, 15) is 0 Å². The van der Waals surface area contributed by atoms with Crippen LogP contribution in [-0.4, -0.2) is 4.98 Å². The number of aromatic nitrogens is 1. The minimum absolute atomic E-state index is 0.160. The Bertz CT molecular complexity index is 762. The zero-order valence-electron chi connectivity index (χ0n) is 12.4.